The lowest BCUT2D eigenvalue weighted by Gasteiger charge is -2.11. The Morgan fingerprint density at radius 3 is 2.45 bits per heavy atom. The highest BCUT2D eigenvalue weighted by atomic mass is 32.2. The fraction of sp³-hybridized carbons (Fsp3) is 0.0385. The molecule has 33 heavy (non-hydrogen) atoms. The highest BCUT2D eigenvalue weighted by Gasteiger charge is 2.14. The molecule has 0 spiro atoms. The summed E-state index contributed by atoms with van der Waals surface area (Å²) in [6.07, 6.45) is 3.85. The number of sulfonamides is 1. The van der Waals surface area contributed by atoms with Gasteiger partial charge in [0.1, 0.15) is 17.1 Å². The van der Waals surface area contributed by atoms with Crippen molar-refractivity contribution >= 4 is 21.4 Å². The van der Waals surface area contributed by atoms with Crippen LogP contribution in [0.25, 0.3) is 16.9 Å². The first-order valence-corrected chi connectivity index (χ1v) is 11.9. The summed E-state index contributed by atoms with van der Waals surface area (Å²) in [6, 6.07) is 27.3. The number of hydrogen-bond donors (Lipinski definition) is 1. The van der Waals surface area contributed by atoms with Crippen LogP contribution in [0, 0.1) is 6.92 Å². The van der Waals surface area contributed by atoms with Crippen LogP contribution in [0.5, 0.6) is 11.5 Å². The molecule has 0 saturated carbocycles. The first-order chi connectivity index (χ1) is 16.0. The molecule has 5 aromatic rings. The SMILES string of the molecule is Cc1cccc(S(=O)(=O)Nc2cccc(Oc3ccn4cc(-c5ccccc5)nc4c3)c2)c1. The van der Waals surface area contributed by atoms with E-state index in [1.54, 1.807) is 42.5 Å². The summed E-state index contributed by atoms with van der Waals surface area (Å²) in [4.78, 5) is 4.90. The van der Waals surface area contributed by atoms with Crippen LogP contribution in [0.3, 0.4) is 0 Å². The maximum atomic E-state index is 12.7. The molecule has 2 heterocycles. The van der Waals surface area contributed by atoms with Gasteiger partial charge in [-0.1, -0.05) is 48.5 Å². The van der Waals surface area contributed by atoms with Gasteiger partial charge in [-0.3, -0.25) is 4.72 Å². The van der Waals surface area contributed by atoms with Gasteiger partial charge in [0.25, 0.3) is 10.0 Å². The molecule has 3 aromatic carbocycles. The second-order valence-corrected chi connectivity index (χ2v) is 9.35. The Labute approximate surface area is 192 Å². The Bertz CT molecular complexity index is 1540. The van der Waals surface area contributed by atoms with Gasteiger partial charge in [-0.25, -0.2) is 13.4 Å². The van der Waals surface area contributed by atoms with Crippen molar-refractivity contribution in [2.24, 2.45) is 0 Å². The van der Waals surface area contributed by atoms with Gasteiger partial charge in [0.2, 0.25) is 0 Å². The van der Waals surface area contributed by atoms with Crippen LogP contribution in [-0.4, -0.2) is 17.8 Å². The quantitative estimate of drug-likeness (QED) is 0.346. The number of fused-ring (bicyclic) bond motifs is 1. The minimum atomic E-state index is -3.70. The summed E-state index contributed by atoms with van der Waals surface area (Å²) in [5.41, 5.74) is 3.96. The second kappa shape index (κ2) is 8.44. The van der Waals surface area contributed by atoms with Crippen LogP contribution >= 0.6 is 0 Å². The number of imidazole rings is 1. The molecule has 0 atom stereocenters. The normalized spacial score (nSPS) is 11.4. The van der Waals surface area contributed by atoms with Crippen molar-refractivity contribution in [3.8, 4) is 22.8 Å². The number of pyridine rings is 1. The average Bonchev–Trinajstić information content (AvgIpc) is 3.23. The molecule has 0 aliphatic rings. The zero-order valence-corrected chi connectivity index (χ0v) is 18.7. The molecule has 0 bridgehead atoms. The Morgan fingerprint density at radius 2 is 1.64 bits per heavy atom. The lowest BCUT2D eigenvalue weighted by Crippen LogP contribution is -2.13. The predicted octanol–water partition coefficient (Wildman–Crippen LogP) is 5.90. The Morgan fingerprint density at radius 1 is 0.848 bits per heavy atom. The maximum Gasteiger partial charge on any atom is 0.261 e. The van der Waals surface area contributed by atoms with E-state index < -0.39 is 10.0 Å². The summed E-state index contributed by atoms with van der Waals surface area (Å²) in [7, 11) is -3.70. The van der Waals surface area contributed by atoms with Gasteiger partial charge in [-0.2, -0.15) is 0 Å². The summed E-state index contributed by atoms with van der Waals surface area (Å²) in [5.74, 6) is 1.12. The van der Waals surface area contributed by atoms with E-state index >= 15 is 0 Å². The van der Waals surface area contributed by atoms with Crippen LogP contribution in [-0.2, 0) is 10.0 Å². The van der Waals surface area contributed by atoms with E-state index in [1.807, 2.05) is 72.2 Å². The van der Waals surface area contributed by atoms with Crippen LogP contribution in [0.2, 0.25) is 0 Å². The lowest BCUT2D eigenvalue weighted by molar-refractivity contribution is 0.482. The summed E-state index contributed by atoms with van der Waals surface area (Å²) < 4.78 is 36.0. The molecule has 0 saturated heterocycles. The second-order valence-electron chi connectivity index (χ2n) is 7.67. The van der Waals surface area contributed by atoms with Gasteiger partial charge < -0.3 is 9.14 Å². The third kappa shape index (κ3) is 4.58. The lowest BCUT2D eigenvalue weighted by atomic mass is 10.2. The van der Waals surface area contributed by atoms with Crippen LogP contribution < -0.4 is 9.46 Å². The number of nitrogens with one attached hydrogen (secondary N) is 1. The van der Waals surface area contributed by atoms with Gasteiger partial charge in [-0.15, -0.1) is 0 Å². The average molecular weight is 456 g/mol. The number of aryl methyl sites for hydroxylation is 1. The van der Waals surface area contributed by atoms with Crippen LogP contribution in [0.15, 0.2) is 108 Å². The van der Waals surface area contributed by atoms with Gasteiger partial charge in [0.15, 0.2) is 0 Å². The van der Waals surface area contributed by atoms with Crippen molar-refractivity contribution in [1.82, 2.24) is 9.38 Å². The number of ether oxygens (including phenoxy) is 1. The molecule has 2 aromatic heterocycles. The van der Waals surface area contributed by atoms with Crippen LogP contribution in [0.4, 0.5) is 5.69 Å². The molecular formula is C26H21N3O3S. The first kappa shape index (κ1) is 20.8. The van der Waals surface area contributed by atoms with Crippen molar-refractivity contribution in [2.45, 2.75) is 11.8 Å². The Kier molecular flexibility index (Phi) is 5.32. The van der Waals surface area contributed by atoms with E-state index in [9.17, 15) is 8.42 Å². The molecule has 0 aliphatic carbocycles. The molecule has 7 heteroatoms. The highest BCUT2D eigenvalue weighted by molar-refractivity contribution is 7.92. The Balaban J connectivity index is 1.37. The van der Waals surface area contributed by atoms with Gasteiger partial charge >= 0.3 is 0 Å². The zero-order valence-electron chi connectivity index (χ0n) is 17.8. The fourth-order valence-electron chi connectivity index (χ4n) is 3.53. The number of benzene rings is 3. The molecule has 0 aliphatic heterocycles. The van der Waals surface area contributed by atoms with Crippen molar-refractivity contribution in [3.05, 3.63) is 109 Å². The van der Waals surface area contributed by atoms with Gasteiger partial charge in [0, 0.05) is 30.1 Å². The van der Waals surface area contributed by atoms with E-state index in [0.717, 1.165) is 22.5 Å². The van der Waals surface area contributed by atoms with Crippen molar-refractivity contribution in [1.29, 1.82) is 0 Å². The molecule has 0 radical (unpaired) electrons. The van der Waals surface area contributed by atoms with Crippen molar-refractivity contribution in [2.75, 3.05) is 4.72 Å². The number of hydrogen-bond acceptors (Lipinski definition) is 4. The predicted molar refractivity (Wildman–Crippen MR) is 129 cm³/mol. The molecule has 164 valence electrons. The van der Waals surface area contributed by atoms with E-state index in [4.69, 9.17) is 4.74 Å². The molecular weight excluding hydrogens is 434 g/mol. The monoisotopic (exact) mass is 455 g/mol. The minimum Gasteiger partial charge on any atom is -0.457 e. The number of anilines is 1. The first-order valence-electron chi connectivity index (χ1n) is 10.4. The topological polar surface area (TPSA) is 72.7 Å². The molecule has 5 rings (SSSR count). The van der Waals surface area contributed by atoms with E-state index in [2.05, 4.69) is 9.71 Å². The molecule has 0 fully saturated rings. The van der Waals surface area contributed by atoms with Gasteiger partial charge in [0.05, 0.1) is 16.3 Å². The third-order valence-corrected chi connectivity index (χ3v) is 6.50. The minimum absolute atomic E-state index is 0.216. The standard InChI is InChI=1S/C26H21N3O3S/c1-19-7-5-12-24(15-19)33(30,31)28-21-10-6-11-22(16-21)32-23-13-14-29-18-25(27-26(29)17-23)20-8-3-2-4-9-20/h2-18,28H,1H3. The molecule has 6 nitrogen and oxygen atoms in total. The molecule has 1 N–H and O–H groups in total. The highest BCUT2D eigenvalue weighted by Crippen LogP contribution is 2.27. The van der Waals surface area contributed by atoms with E-state index in [0.29, 0.717) is 17.2 Å². The molecule has 0 amide bonds. The zero-order chi connectivity index (χ0) is 22.8. The van der Waals surface area contributed by atoms with Gasteiger partial charge in [-0.05, 0) is 42.8 Å². The van der Waals surface area contributed by atoms with Crippen molar-refractivity contribution < 1.29 is 13.2 Å². The van der Waals surface area contributed by atoms with E-state index in [-0.39, 0.29) is 4.90 Å². The number of nitrogens with zero attached hydrogens (tertiary/aromatic N) is 2. The van der Waals surface area contributed by atoms with Crippen molar-refractivity contribution in [3.63, 3.8) is 0 Å². The molecule has 0 unspecified atom stereocenters. The maximum absolute atomic E-state index is 12.7. The summed E-state index contributed by atoms with van der Waals surface area (Å²) >= 11 is 0. The van der Waals surface area contributed by atoms with Crippen LogP contribution in [0.1, 0.15) is 5.56 Å². The Hall–Kier alpha value is -4.10. The smallest absolute Gasteiger partial charge is 0.261 e. The summed E-state index contributed by atoms with van der Waals surface area (Å²) in [5, 5.41) is 0. The number of aromatic nitrogens is 2. The van der Waals surface area contributed by atoms with E-state index in [1.165, 1.54) is 0 Å². The number of rotatable bonds is 6. The fourth-order valence-corrected chi connectivity index (χ4v) is 4.68. The summed E-state index contributed by atoms with van der Waals surface area (Å²) in [6.45, 7) is 1.85. The third-order valence-electron chi connectivity index (χ3n) is 5.12. The largest absolute Gasteiger partial charge is 0.457 e.